The highest BCUT2D eigenvalue weighted by atomic mass is 35.5. The number of aromatic nitrogens is 1. The van der Waals surface area contributed by atoms with Gasteiger partial charge in [-0.25, -0.2) is 4.98 Å². The van der Waals surface area contributed by atoms with Crippen LogP contribution in [0.4, 0.5) is 5.69 Å². The van der Waals surface area contributed by atoms with E-state index in [1.54, 1.807) is 14.0 Å². The second kappa shape index (κ2) is 8.39. The van der Waals surface area contributed by atoms with Crippen molar-refractivity contribution in [2.45, 2.75) is 13.0 Å². The lowest BCUT2D eigenvalue weighted by atomic mass is 10.1. The predicted octanol–water partition coefficient (Wildman–Crippen LogP) is 4.78. The molecule has 25 heavy (non-hydrogen) atoms. The smallest absolute Gasteiger partial charge is 0.137 e. The van der Waals surface area contributed by atoms with Crippen LogP contribution in [0.2, 0.25) is 5.02 Å². The molecular weight excluding hydrogens is 359 g/mol. The lowest BCUT2D eigenvalue weighted by Gasteiger charge is -2.14. The van der Waals surface area contributed by atoms with Gasteiger partial charge < -0.3 is 15.2 Å². The molecule has 0 aliphatic rings. The number of para-hydroxylation sites is 1. The van der Waals surface area contributed by atoms with E-state index in [1.807, 2.05) is 48.5 Å². The molecule has 0 aliphatic carbocycles. The molecule has 1 atom stereocenters. The van der Waals surface area contributed by atoms with Gasteiger partial charge in [-0.3, -0.25) is 0 Å². The molecule has 0 bridgehead atoms. The first-order valence-electron chi connectivity index (χ1n) is 7.74. The summed E-state index contributed by atoms with van der Waals surface area (Å²) in [6.45, 7) is 2.22. The fourth-order valence-electron chi connectivity index (χ4n) is 2.55. The molecule has 3 aromatic rings. The van der Waals surface area contributed by atoms with E-state index in [9.17, 15) is 5.11 Å². The third-order valence-electron chi connectivity index (χ3n) is 3.75. The third kappa shape index (κ3) is 4.34. The lowest BCUT2D eigenvalue weighted by Crippen LogP contribution is -2.15. The molecule has 1 unspecified atom stereocenters. The Hall–Kier alpha value is -2.01. The van der Waals surface area contributed by atoms with E-state index in [2.05, 4.69) is 5.32 Å². The largest absolute Gasteiger partial charge is 0.495 e. The third-order valence-corrected chi connectivity index (χ3v) is 4.05. The van der Waals surface area contributed by atoms with Crippen LogP contribution >= 0.6 is 24.0 Å². The summed E-state index contributed by atoms with van der Waals surface area (Å²) in [6.07, 6.45) is -0.434. The van der Waals surface area contributed by atoms with Crippen LogP contribution in [-0.4, -0.2) is 29.8 Å². The van der Waals surface area contributed by atoms with Crippen LogP contribution in [0.15, 0.2) is 48.5 Å². The van der Waals surface area contributed by atoms with E-state index in [1.165, 1.54) is 0 Å². The molecule has 3 rings (SSSR count). The van der Waals surface area contributed by atoms with Gasteiger partial charge in [0.2, 0.25) is 0 Å². The van der Waals surface area contributed by atoms with Gasteiger partial charge in [0.1, 0.15) is 5.75 Å². The number of pyridine rings is 1. The van der Waals surface area contributed by atoms with Gasteiger partial charge in [-0.15, -0.1) is 12.4 Å². The Morgan fingerprint density at radius 2 is 1.96 bits per heavy atom. The summed E-state index contributed by atoms with van der Waals surface area (Å²) in [4.78, 5) is 4.73. The van der Waals surface area contributed by atoms with Gasteiger partial charge in [0.25, 0.3) is 0 Å². The number of fused-ring (bicyclic) bond motifs is 1. The van der Waals surface area contributed by atoms with Crippen molar-refractivity contribution in [3.63, 3.8) is 0 Å². The van der Waals surface area contributed by atoms with Crippen molar-refractivity contribution in [1.82, 2.24) is 4.98 Å². The van der Waals surface area contributed by atoms with E-state index < -0.39 is 6.10 Å². The average Bonchev–Trinajstić information content (AvgIpc) is 2.59. The number of ether oxygens (including phenoxy) is 1. The van der Waals surface area contributed by atoms with Gasteiger partial charge in [0.15, 0.2) is 0 Å². The van der Waals surface area contributed by atoms with Crippen LogP contribution in [0.3, 0.4) is 0 Å². The van der Waals surface area contributed by atoms with Crippen LogP contribution in [-0.2, 0) is 0 Å². The van der Waals surface area contributed by atoms with Crippen molar-refractivity contribution in [2.24, 2.45) is 0 Å². The van der Waals surface area contributed by atoms with Crippen LogP contribution in [0.1, 0.15) is 6.92 Å². The highest BCUT2D eigenvalue weighted by molar-refractivity contribution is 6.32. The second-order valence-electron chi connectivity index (χ2n) is 5.65. The Morgan fingerprint density at radius 1 is 1.20 bits per heavy atom. The van der Waals surface area contributed by atoms with Gasteiger partial charge >= 0.3 is 0 Å². The molecule has 0 spiro atoms. The SMILES string of the molecule is COc1ccc(-c2cc(NCC(C)O)c3ccccc3n2)cc1Cl.Cl. The zero-order valence-electron chi connectivity index (χ0n) is 14.0. The maximum absolute atomic E-state index is 9.56. The van der Waals surface area contributed by atoms with Crippen LogP contribution < -0.4 is 10.1 Å². The van der Waals surface area contributed by atoms with Crippen molar-refractivity contribution in [1.29, 1.82) is 0 Å². The first-order valence-corrected chi connectivity index (χ1v) is 8.12. The second-order valence-corrected chi connectivity index (χ2v) is 6.06. The van der Waals surface area contributed by atoms with Gasteiger partial charge in [-0.2, -0.15) is 0 Å². The standard InChI is InChI=1S/C19H19ClN2O2.ClH/c1-12(23)11-21-18-10-17(22-16-6-4-3-5-14(16)18)13-7-8-19(24-2)15(20)9-13;/h3-10,12,23H,11H2,1-2H3,(H,21,22);1H. The van der Waals surface area contributed by atoms with E-state index in [-0.39, 0.29) is 12.4 Å². The molecule has 0 saturated heterocycles. The maximum Gasteiger partial charge on any atom is 0.137 e. The molecule has 1 heterocycles. The number of methoxy groups -OCH3 is 1. The fraction of sp³-hybridized carbons (Fsp3) is 0.211. The number of halogens is 2. The van der Waals surface area contributed by atoms with Crippen LogP contribution in [0.5, 0.6) is 5.75 Å². The normalized spacial score (nSPS) is 11.7. The number of benzene rings is 2. The zero-order valence-corrected chi connectivity index (χ0v) is 15.6. The Morgan fingerprint density at radius 3 is 2.64 bits per heavy atom. The van der Waals surface area contributed by atoms with E-state index in [4.69, 9.17) is 21.3 Å². The number of rotatable bonds is 5. The Labute approximate surface area is 158 Å². The van der Waals surface area contributed by atoms with E-state index in [0.29, 0.717) is 17.3 Å². The minimum atomic E-state index is -0.434. The van der Waals surface area contributed by atoms with Gasteiger partial charge in [0.05, 0.1) is 29.4 Å². The Kier molecular flexibility index (Phi) is 6.48. The summed E-state index contributed by atoms with van der Waals surface area (Å²) in [5.41, 5.74) is 3.54. The number of nitrogens with one attached hydrogen (secondary N) is 1. The van der Waals surface area contributed by atoms with Crippen molar-refractivity contribution >= 4 is 40.6 Å². The first-order chi connectivity index (χ1) is 11.6. The average molecular weight is 379 g/mol. The number of hydrogen-bond donors (Lipinski definition) is 2. The molecule has 6 heteroatoms. The maximum atomic E-state index is 9.56. The van der Waals surface area contributed by atoms with Crippen LogP contribution in [0.25, 0.3) is 22.2 Å². The fourth-order valence-corrected chi connectivity index (χ4v) is 2.81. The molecule has 0 saturated carbocycles. The Bertz CT molecular complexity index is 869. The monoisotopic (exact) mass is 378 g/mol. The van der Waals surface area contributed by atoms with Crippen molar-refractivity contribution in [3.8, 4) is 17.0 Å². The first kappa shape index (κ1) is 19.3. The minimum absolute atomic E-state index is 0. The van der Waals surface area contributed by atoms with Gasteiger partial charge in [-0.1, -0.05) is 29.8 Å². The summed E-state index contributed by atoms with van der Waals surface area (Å²) >= 11 is 6.24. The van der Waals surface area contributed by atoms with Crippen molar-refractivity contribution < 1.29 is 9.84 Å². The number of nitrogens with zero attached hydrogens (tertiary/aromatic N) is 1. The molecule has 2 aromatic carbocycles. The molecule has 132 valence electrons. The number of anilines is 1. The van der Waals surface area contributed by atoms with Gasteiger partial charge in [0, 0.05) is 23.2 Å². The summed E-state index contributed by atoms with van der Waals surface area (Å²) in [7, 11) is 1.59. The number of aliphatic hydroxyl groups is 1. The molecule has 0 aliphatic heterocycles. The summed E-state index contributed by atoms with van der Waals surface area (Å²) in [5.74, 6) is 0.633. The lowest BCUT2D eigenvalue weighted by molar-refractivity contribution is 0.208. The van der Waals surface area contributed by atoms with Gasteiger partial charge in [-0.05, 0) is 37.3 Å². The molecule has 4 nitrogen and oxygen atoms in total. The van der Waals surface area contributed by atoms with Crippen molar-refractivity contribution in [3.05, 3.63) is 53.6 Å². The number of aliphatic hydroxyl groups excluding tert-OH is 1. The zero-order chi connectivity index (χ0) is 17.1. The summed E-state index contributed by atoms with van der Waals surface area (Å²) < 4.78 is 5.20. The highest BCUT2D eigenvalue weighted by Crippen LogP contribution is 2.32. The summed E-state index contributed by atoms with van der Waals surface area (Å²) in [5, 5.41) is 14.4. The number of hydrogen-bond acceptors (Lipinski definition) is 4. The molecule has 0 radical (unpaired) electrons. The molecule has 0 amide bonds. The van der Waals surface area contributed by atoms with E-state index in [0.717, 1.165) is 27.8 Å². The topological polar surface area (TPSA) is 54.4 Å². The quantitative estimate of drug-likeness (QED) is 0.670. The molecule has 2 N–H and O–H groups in total. The predicted molar refractivity (Wildman–Crippen MR) is 106 cm³/mol. The minimum Gasteiger partial charge on any atom is -0.495 e. The molecular formula is C19H20Cl2N2O2. The van der Waals surface area contributed by atoms with Crippen LogP contribution in [0, 0.1) is 0 Å². The summed E-state index contributed by atoms with van der Waals surface area (Å²) in [6, 6.07) is 15.5. The molecule has 1 aromatic heterocycles. The Balaban J connectivity index is 0.00000225. The van der Waals surface area contributed by atoms with E-state index >= 15 is 0 Å². The molecule has 0 fully saturated rings. The van der Waals surface area contributed by atoms with Crippen molar-refractivity contribution in [2.75, 3.05) is 19.0 Å². The highest BCUT2D eigenvalue weighted by Gasteiger charge is 2.10.